The zero-order valence-electron chi connectivity index (χ0n) is 8.10. The fourth-order valence-corrected chi connectivity index (χ4v) is 2.48. The van der Waals surface area contributed by atoms with Crippen molar-refractivity contribution in [1.29, 1.82) is 5.26 Å². The zero-order chi connectivity index (χ0) is 12.3. The molecule has 0 aromatic carbocycles. The van der Waals surface area contributed by atoms with Gasteiger partial charge in [-0.25, -0.2) is 13.4 Å². The van der Waals surface area contributed by atoms with E-state index in [1.54, 1.807) is 6.07 Å². The summed E-state index contributed by atoms with van der Waals surface area (Å²) in [6.45, 7) is 0. The molecule has 10 heteroatoms. The van der Waals surface area contributed by atoms with Crippen LogP contribution in [0.2, 0.25) is 0 Å². The van der Waals surface area contributed by atoms with Gasteiger partial charge >= 0.3 is 0 Å². The fourth-order valence-electron chi connectivity index (χ4n) is 0.952. The molecule has 0 bridgehead atoms. The normalized spacial score (nSPS) is 10.8. The van der Waals surface area contributed by atoms with Crippen molar-refractivity contribution in [2.75, 3.05) is 4.72 Å². The fraction of sp³-hybridized carbons (Fsp3) is 0. The number of anilines is 1. The molecule has 2 rings (SSSR count). The summed E-state index contributed by atoms with van der Waals surface area (Å²) in [5.41, 5.74) is 0.140. The van der Waals surface area contributed by atoms with Crippen LogP contribution < -0.4 is 4.72 Å². The molecule has 0 aliphatic rings. The molecule has 0 spiro atoms. The van der Waals surface area contributed by atoms with Gasteiger partial charge in [0.05, 0.1) is 0 Å². The van der Waals surface area contributed by atoms with Crippen LogP contribution in [0.1, 0.15) is 5.69 Å². The summed E-state index contributed by atoms with van der Waals surface area (Å²) in [6, 6.07) is 4.39. The minimum absolute atomic E-state index is 0.0632. The van der Waals surface area contributed by atoms with Crippen molar-refractivity contribution in [2.24, 2.45) is 0 Å². The van der Waals surface area contributed by atoms with Crippen LogP contribution in [0.15, 0.2) is 23.2 Å². The molecule has 17 heavy (non-hydrogen) atoms. The second kappa shape index (κ2) is 4.40. The van der Waals surface area contributed by atoms with Gasteiger partial charge in [0.25, 0.3) is 10.0 Å². The number of aromatic nitrogens is 4. The van der Waals surface area contributed by atoms with E-state index in [9.17, 15) is 8.42 Å². The summed E-state index contributed by atoms with van der Waals surface area (Å²) in [7, 11) is -3.76. The molecule has 2 aromatic rings. The average molecular weight is 268 g/mol. The number of nitrogens with one attached hydrogen (secondary N) is 1. The highest BCUT2D eigenvalue weighted by atomic mass is 32.2. The number of nitrogens with zero attached hydrogens (tertiary/aromatic N) is 5. The molecular formula is C7H4N6O2S2. The molecule has 0 aliphatic carbocycles. The molecule has 0 radical (unpaired) electrons. The van der Waals surface area contributed by atoms with Crippen LogP contribution in [-0.4, -0.2) is 28.2 Å². The lowest BCUT2D eigenvalue weighted by molar-refractivity contribution is 0.600. The Morgan fingerprint density at radius 2 is 2.24 bits per heavy atom. The Bertz CT molecular complexity index is 643. The van der Waals surface area contributed by atoms with Gasteiger partial charge in [-0.1, -0.05) is 9.59 Å². The number of pyridine rings is 1. The smallest absolute Gasteiger partial charge is 0.252 e. The monoisotopic (exact) mass is 268 g/mol. The van der Waals surface area contributed by atoms with Gasteiger partial charge in [-0.2, -0.15) is 5.26 Å². The molecule has 1 N–H and O–H groups in total. The Kier molecular flexibility index (Phi) is 2.94. The number of rotatable bonds is 3. The highest BCUT2D eigenvalue weighted by molar-refractivity contribution is 7.92. The molecule has 0 atom stereocenters. The van der Waals surface area contributed by atoms with Crippen LogP contribution >= 0.6 is 11.5 Å². The van der Waals surface area contributed by atoms with Crippen molar-refractivity contribution in [2.45, 2.75) is 4.90 Å². The van der Waals surface area contributed by atoms with Crippen molar-refractivity contribution in [1.82, 2.24) is 19.8 Å². The summed E-state index contributed by atoms with van der Waals surface area (Å²) in [5.74, 6) is 0. The SMILES string of the molecule is N#Cc1ccc(S(=O)(=O)Nc2nnns2)cn1. The second-order valence-corrected chi connectivity index (χ2v) is 5.18. The Balaban J connectivity index is 2.29. The van der Waals surface area contributed by atoms with Gasteiger partial charge in [0.2, 0.25) is 5.13 Å². The number of hydrogen-bond donors (Lipinski definition) is 1. The first-order valence-corrected chi connectivity index (χ1v) is 6.41. The van der Waals surface area contributed by atoms with Crippen molar-refractivity contribution in [3.63, 3.8) is 0 Å². The van der Waals surface area contributed by atoms with Gasteiger partial charge in [0.1, 0.15) is 16.7 Å². The largest absolute Gasteiger partial charge is 0.265 e. The second-order valence-electron chi connectivity index (χ2n) is 2.76. The Morgan fingerprint density at radius 1 is 1.41 bits per heavy atom. The highest BCUT2D eigenvalue weighted by Crippen LogP contribution is 2.14. The average Bonchev–Trinajstić information content (AvgIpc) is 2.81. The van der Waals surface area contributed by atoms with Gasteiger partial charge in [-0.05, 0) is 17.3 Å². The van der Waals surface area contributed by atoms with Gasteiger partial charge in [-0.15, -0.1) is 0 Å². The maximum absolute atomic E-state index is 11.8. The maximum atomic E-state index is 11.8. The first-order valence-electron chi connectivity index (χ1n) is 4.16. The van der Waals surface area contributed by atoms with E-state index in [0.717, 1.165) is 17.7 Å². The number of nitriles is 1. The summed E-state index contributed by atoms with van der Waals surface area (Å²) in [6.07, 6.45) is 1.09. The summed E-state index contributed by atoms with van der Waals surface area (Å²) < 4.78 is 29.2. The zero-order valence-corrected chi connectivity index (χ0v) is 9.73. The topological polar surface area (TPSA) is 122 Å². The Morgan fingerprint density at radius 3 is 2.76 bits per heavy atom. The van der Waals surface area contributed by atoms with E-state index in [2.05, 4.69) is 24.5 Å². The van der Waals surface area contributed by atoms with Gasteiger partial charge in [-0.3, -0.25) is 4.72 Å². The molecule has 86 valence electrons. The molecule has 0 fully saturated rings. The van der Waals surface area contributed by atoms with Crippen LogP contribution in [0.3, 0.4) is 0 Å². The molecular weight excluding hydrogens is 264 g/mol. The quantitative estimate of drug-likeness (QED) is 0.831. The highest BCUT2D eigenvalue weighted by Gasteiger charge is 2.16. The van der Waals surface area contributed by atoms with Crippen LogP contribution in [0, 0.1) is 11.3 Å². The van der Waals surface area contributed by atoms with Crippen molar-refractivity contribution in [3.8, 4) is 6.07 Å². The third kappa shape index (κ3) is 2.52. The molecule has 2 aromatic heterocycles. The van der Waals surface area contributed by atoms with Gasteiger partial charge in [0.15, 0.2) is 0 Å². The molecule has 0 aliphatic heterocycles. The summed E-state index contributed by atoms with van der Waals surface area (Å²) >= 11 is 0.817. The lowest BCUT2D eigenvalue weighted by Crippen LogP contribution is -2.13. The number of sulfonamides is 1. The van der Waals surface area contributed by atoms with Gasteiger partial charge < -0.3 is 0 Å². The van der Waals surface area contributed by atoms with Crippen molar-refractivity contribution >= 4 is 26.7 Å². The minimum Gasteiger partial charge on any atom is -0.252 e. The standard InChI is InChI=1S/C7H4N6O2S2/c8-3-5-1-2-6(4-9-5)17(14,15)11-7-10-12-13-16-7/h1-2,4H,(H,10,11,13). The van der Waals surface area contributed by atoms with Crippen LogP contribution in [0.4, 0.5) is 5.13 Å². The predicted octanol–water partition coefficient (Wildman–Crippen LogP) is 0.000580. The summed E-state index contributed by atoms with van der Waals surface area (Å²) in [5, 5.41) is 15.3. The van der Waals surface area contributed by atoms with E-state index in [-0.39, 0.29) is 15.7 Å². The Labute approximate surface area is 100 Å². The molecule has 0 amide bonds. The maximum Gasteiger partial charge on any atom is 0.265 e. The van der Waals surface area contributed by atoms with E-state index in [4.69, 9.17) is 5.26 Å². The minimum atomic E-state index is -3.76. The van der Waals surface area contributed by atoms with Gasteiger partial charge in [0, 0.05) is 17.7 Å². The van der Waals surface area contributed by atoms with E-state index in [0.29, 0.717) is 0 Å². The van der Waals surface area contributed by atoms with Crippen molar-refractivity contribution in [3.05, 3.63) is 24.0 Å². The summed E-state index contributed by atoms with van der Waals surface area (Å²) in [4.78, 5) is 3.60. The third-order valence-corrected chi connectivity index (χ3v) is 3.65. The van der Waals surface area contributed by atoms with Crippen LogP contribution in [-0.2, 0) is 10.0 Å². The first kappa shape index (κ1) is 11.4. The van der Waals surface area contributed by atoms with Crippen LogP contribution in [0.5, 0.6) is 0 Å². The first-order chi connectivity index (χ1) is 8.12. The third-order valence-electron chi connectivity index (χ3n) is 1.68. The Hall–Kier alpha value is -2.12. The van der Waals surface area contributed by atoms with E-state index >= 15 is 0 Å². The van der Waals surface area contributed by atoms with Crippen LogP contribution in [0.25, 0.3) is 0 Å². The molecule has 0 unspecified atom stereocenters. The predicted molar refractivity (Wildman–Crippen MR) is 57.5 cm³/mol. The van der Waals surface area contributed by atoms with E-state index in [1.165, 1.54) is 12.1 Å². The molecule has 8 nitrogen and oxygen atoms in total. The van der Waals surface area contributed by atoms with E-state index in [1.807, 2.05) is 0 Å². The molecule has 0 saturated heterocycles. The van der Waals surface area contributed by atoms with Crippen molar-refractivity contribution < 1.29 is 8.42 Å². The van der Waals surface area contributed by atoms with E-state index < -0.39 is 10.0 Å². The lowest BCUT2D eigenvalue weighted by atomic mass is 10.4. The lowest BCUT2D eigenvalue weighted by Gasteiger charge is -2.02. The molecule has 2 heterocycles. The molecule has 0 saturated carbocycles. The number of hydrogen-bond acceptors (Lipinski definition) is 8.